The van der Waals surface area contributed by atoms with Gasteiger partial charge < -0.3 is 14.6 Å². The highest BCUT2D eigenvalue weighted by molar-refractivity contribution is 5.84. The largest absolute Gasteiger partial charge is 0.470 e. The Morgan fingerprint density at radius 2 is 2.21 bits per heavy atom. The van der Waals surface area contributed by atoms with Crippen molar-refractivity contribution in [2.24, 2.45) is 13.0 Å². The molecule has 0 radical (unpaired) electrons. The number of hydrogen-bond acceptors (Lipinski definition) is 5. The highest BCUT2D eigenvalue weighted by Crippen LogP contribution is 2.31. The number of nitrogens with zero attached hydrogens (tertiary/aromatic N) is 5. The first-order chi connectivity index (χ1) is 13.8. The maximum Gasteiger partial charge on any atom is 0.241 e. The summed E-state index contributed by atoms with van der Waals surface area (Å²) in [6, 6.07) is 1.87. The Balaban J connectivity index is 1.73. The zero-order valence-corrected chi connectivity index (χ0v) is 17.0. The van der Waals surface area contributed by atoms with Gasteiger partial charge in [-0.25, -0.2) is 14.4 Å². The second-order valence-electron chi connectivity index (χ2n) is 8.46. The molecule has 0 bridgehead atoms. The molecule has 1 N–H and O–H groups in total. The summed E-state index contributed by atoms with van der Waals surface area (Å²) < 4.78 is 23.5. The number of ether oxygens (including phenoxy) is 1. The molecule has 0 aromatic carbocycles. The van der Waals surface area contributed by atoms with E-state index in [-0.39, 0.29) is 23.8 Å². The fourth-order valence-corrected chi connectivity index (χ4v) is 3.48. The number of hydrogen-bond donors (Lipinski definition) is 1. The van der Waals surface area contributed by atoms with Crippen LogP contribution in [0.3, 0.4) is 0 Å². The molecule has 3 aromatic heterocycles. The summed E-state index contributed by atoms with van der Waals surface area (Å²) in [5.41, 5.74) is 2.71. The van der Waals surface area contributed by atoms with Gasteiger partial charge >= 0.3 is 0 Å². The van der Waals surface area contributed by atoms with E-state index in [1.165, 1.54) is 0 Å². The fraction of sp³-hybridized carbons (Fsp3) is 0.500. The van der Waals surface area contributed by atoms with Crippen LogP contribution in [-0.2, 0) is 17.4 Å². The van der Waals surface area contributed by atoms with E-state index in [9.17, 15) is 9.18 Å². The number of aromatic nitrogens is 5. The minimum atomic E-state index is -0.757. The predicted octanol–water partition coefficient (Wildman–Crippen LogP) is 2.44. The van der Waals surface area contributed by atoms with E-state index in [2.05, 4.69) is 41.2 Å². The first-order valence-corrected chi connectivity index (χ1v) is 9.63. The number of pyridine rings is 1. The Labute approximate surface area is 168 Å². The average molecular weight is 400 g/mol. The number of halogens is 1. The Kier molecular flexibility index (Phi) is 4.76. The number of rotatable bonds is 5. The molecular formula is C20H25FN6O2. The summed E-state index contributed by atoms with van der Waals surface area (Å²) in [5, 5.41) is 7.16. The van der Waals surface area contributed by atoms with Crippen molar-refractivity contribution in [3.8, 4) is 17.1 Å². The van der Waals surface area contributed by atoms with Gasteiger partial charge in [0, 0.05) is 37.7 Å². The zero-order valence-electron chi connectivity index (χ0n) is 17.0. The molecule has 0 saturated carbocycles. The van der Waals surface area contributed by atoms with Gasteiger partial charge in [-0.05, 0) is 26.8 Å². The molecule has 29 heavy (non-hydrogen) atoms. The molecule has 1 aliphatic heterocycles. The molecule has 0 aliphatic carbocycles. The fourth-order valence-electron chi connectivity index (χ4n) is 3.48. The van der Waals surface area contributed by atoms with Gasteiger partial charge in [0.2, 0.25) is 11.8 Å². The van der Waals surface area contributed by atoms with Gasteiger partial charge in [0.25, 0.3) is 0 Å². The Bertz CT molecular complexity index is 1050. The van der Waals surface area contributed by atoms with Crippen LogP contribution >= 0.6 is 0 Å². The molecule has 8 nitrogen and oxygen atoms in total. The van der Waals surface area contributed by atoms with Crippen LogP contribution in [0.15, 0.2) is 24.8 Å². The normalized spacial score (nSPS) is 18.2. The van der Waals surface area contributed by atoms with Gasteiger partial charge in [-0.2, -0.15) is 5.10 Å². The van der Waals surface area contributed by atoms with E-state index < -0.39 is 12.8 Å². The molecule has 1 fully saturated rings. The summed E-state index contributed by atoms with van der Waals surface area (Å²) >= 11 is 0. The van der Waals surface area contributed by atoms with Gasteiger partial charge in [0.15, 0.2) is 0 Å². The topological polar surface area (TPSA) is 86.9 Å². The van der Waals surface area contributed by atoms with Crippen LogP contribution in [-0.4, -0.2) is 49.5 Å². The number of amides is 1. The van der Waals surface area contributed by atoms with Crippen molar-refractivity contribution < 1.29 is 13.9 Å². The molecule has 3 aromatic rings. The van der Waals surface area contributed by atoms with Gasteiger partial charge in [0.05, 0.1) is 29.3 Å². The third-order valence-electron chi connectivity index (χ3n) is 5.18. The number of carbonyl (C=O) groups is 1. The molecule has 4 heterocycles. The molecule has 4 rings (SSSR count). The number of alkyl halides is 1. The summed E-state index contributed by atoms with van der Waals surface area (Å²) in [6.07, 6.45) is 4.84. The van der Waals surface area contributed by atoms with Crippen LogP contribution in [0.1, 0.15) is 27.2 Å². The highest BCUT2D eigenvalue weighted by Gasteiger charge is 2.32. The van der Waals surface area contributed by atoms with E-state index >= 15 is 0 Å². The Morgan fingerprint density at radius 3 is 2.83 bits per heavy atom. The van der Waals surface area contributed by atoms with Crippen LogP contribution < -0.4 is 10.1 Å². The first kappa shape index (κ1) is 19.4. The minimum Gasteiger partial charge on any atom is -0.470 e. The lowest BCUT2D eigenvalue weighted by Gasteiger charge is -2.21. The van der Waals surface area contributed by atoms with Crippen molar-refractivity contribution in [1.29, 1.82) is 0 Å². The maximum atomic E-state index is 13.8. The van der Waals surface area contributed by atoms with E-state index in [1.807, 2.05) is 24.0 Å². The summed E-state index contributed by atoms with van der Waals surface area (Å²) in [5.74, 6) is -0.00748. The number of fused-ring (bicyclic) bond motifs is 1. The quantitative estimate of drug-likeness (QED) is 0.711. The van der Waals surface area contributed by atoms with Gasteiger partial charge in [-0.1, -0.05) is 0 Å². The van der Waals surface area contributed by atoms with Crippen LogP contribution in [0.2, 0.25) is 0 Å². The first-order valence-electron chi connectivity index (χ1n) is 9.63. The van der Waals surface area contributed by atoms with E-state index in [4.69, 9.17) is 4.74 Å². The smallest absolute Gasteiger partial charge is 0.241 e. The van der Waals surface area contributed by atoms with Crippen molar-refractivity contribution in [3.05, 3.63) is 24.8 Å². The van der Waals surface area contributed by atoms with Crippen LogP contribution in [0.5, 0.6) is 5.88 Å². The van der Waals surface area contributed by atoms with Crippen LogP contribution in [0, 0.1) is 5.92 Å². The third-order valence-corrected chi connectivity index (χ3v) is 5.18. The average Bonchev–Trinajstić information content (AvgIpc) is 3.39. The lowest BCUT2D eigenvalue weighted by Crippen LogP contribution is -2.31. The van der Waals surface area contributed by atoms with E-state index in [1.54, 1.807) is 17.1 Å². The molecule has 154 valence electrons. The van der Waals surface area contributed by atoms with Crippen LogP contribution in [0.4, 0.5) is 4.39 Å². The molecule has 1 saturated heterocycles. The second-order valence-corrected chi connectivity index (χ2v) is 8.46. The van der Waals surface area contributed by atoms with Crippen LogP contribution in [0.25, 0.3) is 22.3 Å². The lowest BCUT2D eigenvalue weighted by atomic mass is 10.0. The van der Waals surface area contributed by atoms with Crippen molar-refractivity contribution in [3.63, 3.8) is 0 Å². The zero-order chi connectivity index (χ0) is 20.8. The molecule has 0 spiro atoms. The highest BCUT2D eigenvalue weighted by atomic mass is 19.1. The SMILES string of the molecule is Cn1cnc2cc(-c3cnn(C(C)(C)C)c3)nc(O[C@H](CF)C3CNC(=O)C3)c21. The number of carbonyl (C=O) groups excluding carboxylic acids is 1. The van der Waals surface area contributed by atoms with Crippen molar-refractivity contribution in [2.75, 3.05) is 13.2 Å². The standard InChI is InChI=1S/C20H25FN6O2/c1-20(2,3)27-10-13(9-24-27)14-6-15-18(26(4)11-23-15)19(25-14)29-16(7-21)12-5-17(28)22-8-12/h6,9-12,16H,5,7-8H2,1-4H3,(H,22,28)/t12?,16-/m1/s1. The molecular weight excluding hydrogens is 375 g/mol. The third kappa shape index (κ3) is 3.68. The van der Waals surface area contributed by atoms with Crippen molar-refractivity contribution in [1.82, 2.24) is 29.6 Å². The number of imidazole rings is 1. The minimum absolute atomic E-state index is 0.0842. The lowest BCUT2D eigenvalue weighted by molar-refractivity contribution is -0.119. The van der Waals surface area contributed by atoms with E-state index in [0.717, 1.165) is 5.56 Å². The van der Waals surface area contributed by atoms with Crippen molar-refractivity contribution >= 4 is 16.9 Å². The maximum absolute atomic E-state index is 13.8. The molecule has 1 amide bonds. The Morgan fingerprint density at radius 1 is 1.41 bits per heavy atom. The summed E-state index contributed by atoms with van der Waals surface area (Å²) in [6.45, 7) is 5.90. The van der Waals surface area contributed by atoms with Gasteiger partial charge in [-0.15, -0.1) is 0 Å². The number of nitrogens with one attached hydrogen (secondary N) is 1. The molecule has 2 atom stereocenters. The monoisotopic (exact) mass is 400 g/mol. The molecule has 1 aliphatic rings. The predicted molar refractivity (Wildman–Crippen MR) is 106 cm³/mol. The Hall–Kier alpha value is -2.97. The number of aryl methyl sites for hydroxylation is 1. The molecule has 9 heteroatoms. The second kappa shape index (κ2) is 7.13. The van der Waals surface area contributed by atoms with Gasteiger partial charge in [-0.3, -0.25) is 9.48 Å². The van der Waals surface area contributed by atoms with E-state index in [0.29, 0.717) is 29.2 Å². The summed E-state index contributed by atoms with van der Waals surface area (Å²) in [7, 11) is 1.84. The van der Waals surface area contributed by atoms with Gasteiger partial charge in [0.1, 0.15) is 18.3 Å². The molecule has 1 unspecified atom stereocenters. The summed E-state index contributed by atoms with van der Waals surface area (Å²) in [4.78, 5) is 20.6. The van der Waals surface area contributed by atoms with Crippen molar-refractivity contribution in [2.45, 2.75) is 38.8 Å².